The minimum Gasteiger partial charge on any atom is -0.453 e. The number of amides is 2. The van der Waals surface area contributed by atoms with Gasteiger partial charge in [0, 0.05) is 25.5 Å². The van der Waals surface area contributed by atoms with E-state index in [9.17, 15) is 29.1 Å². The first kappa shape index (κ1) is 37.8. The number of carbonyl (C=O) groups excluding carboxylic acids is 5. The summed E-state index contributed by atoms with van der Waals surface area (Å²) in [5.74, 6) is -4.00. The van der Waals surface area contributed by atoms with Gasteiger partial charge in [-0.05, 0) is 43.0 Å². The van der Waals surface area contributed by atoms with Gasteiger partial charge in [0.2, 0.25) is 5.91 Å². The van der Waals surface area contributed by atoms with Crippen LogP contribution in [0.3, 0.4) is 0 Å². The molecule has 11 nitrogen and oxygen atoms in total. The van der Waals surface area contributed by atoms with Crippen molar-refractivity contribution in [3.05, 3.63) is 113 Å². The predicted octanol–water partition coefficient (Wildman–Crippen LogP) is 5.18. The summed E-state index contributed by atoms with van der Waals surface area (Å²) in [5.41, 5.74) is 3.04. The Balaban J connectivity index is 1.46. The number of esters is 1. The molecule has 3 aromatic rings. The lowest BCUT2D eigenvalue weighted by Crippen LogP contribution is -2.45. The van der Waals surface area contributed by atoms with Crippen LogP contribution in [0.1, 0.15) is 55.0 Å². The summed E-state index contributed by atoms with van der Waals surface area (Å²) in [7, 11) is 0. The van der Waals surface area contributed by atoms with E-state index in [2.05, 4.69) is 0 Å². The molecule has 0 radical (unpaired) electrons. The summed E-state index contributed by atoms with van der Waals surface area (Å²) in [4.78, 5) is 67.0. The summed E-state index contributed by atoms with van der Waals surface area (Å²) >= 11 is 0. The number of aliphatic hydroxyl groups is 1. The summed E-state index contributed by atoms with van der Waals surface area (Å²) < 4.78 is 22.0. The van der Waals surface area contributed by atoms with E-state index in [1.807, 2.05) is 43.3 Å². The largest absolute Gasteiger partial charge is 0.453 e. The van der Waals surface area contributed by atoms with Crippen molar-refractivity contribution in [2.75, 3.05) is 26.4 Å². The maximum Gasteiger partial charge on any atom is 0.417 e. The van der Waals surface area contributed by atoms with Crippen LogP contribution < -0.4 is 0 Å². The van der Waals surface area contributed by atoms with Gasteiger partial charge in [-0.2, -0.15) is 0 Å². The van der Waals surface area contributed by atoms with E-state index < -0.39 is 47.9 Å². The number of nitrogens with zero attached hydrogens (tertiary/aromatic N) is 1. The zero-order valence-electron chi connectivity index (χ0n) is 28.5. The highest BCUT2D eigenvalue weighted by atomic mass is 16.6. The Hall–Kier alpha value is -4.97. The smallest absolute Gasteiger partial charge is 0.417 e. The molecule has 264 valence electrons. The lowest BCUT2D eigenvalue weighted by molar-refractivity contribution is -0.158. The molecule has 0 spiro atoms. The molecule has 1 heterocycles. The van der Waals surface area contributed by atoms with E-state index in [1.54, 1.807) is 48.5 Å². The second-order valence-electron chi connectivity index (χ2n) is 12.1. The monoisotopic (exact) mass is 685 g/mol. The fraction of sp³-hybridized carbons (Fsp3) is 0.359. The van der Waals surface area contributed by atoms with E-state index in [-0.39, 0.29) is 44.2 Å². The van der Waals surface area contributed by atoms with Gasteiger partial charge in [-0.15, -0.1) is 0 Å². The normalized spacial score (nSPS) is 16.3. The van der Waals surface area contributed by atoms with Crippen molar-refractivity contribution < 1.29 is 48.0 Å². The molecular formula is C39H43NO10. The Labute approximate surface area is 291 Å². The predicted molar refractivity (Wildman–Crippen MR) is 183 cm³/mol. The number of rotatable bonds is 18. The van der Waals surface area contributed by atoms with Gasteiger partial charge in [-0.25, -0.2) is 9.69 Å². The van der Waals surface area contributed by atoms with E-state index in [1.165, 1.54) is 6.92 Å². The molecule has 4 rings (SSSR count). The summed E-state index contributed by atoms with van der Waals surface area (Å²) in [6.45, 7) is 4.70. The molecule has 1 N–H and O–H groups in total. The van der Waals surface area contributed by atoms with Crippen LogP contribution in [0, 0.1) is 12.8 Å². The first-order chi connectivity index (χ1) is 24.1. The third-order valence-electron chi connectivity index (χ3n) is 8.16. The number of hydrogen-bond acceptors (Lipinski definition) is 10. The second-order valence-corrected chi connectivity index (χ2v) is 12.1. The van der Waals surface area contributed by atoms with E-state index in [4.69, 9.17) is 18.9 Å². The molecular weight excluding hydrogens is 642 g/mol. The number of cyclic esters (lactones) is 1. The molecule has 3 aromatic carbocycles. The highest BCUT2D eigenvalue weighted by molar-refractivity contribution is 6.25. The number of Topliss-reactive ketones (excluding diaryl/α,β-unsaturated/α-hetero) is 1. The fourth-order valence-corrected chi connectivity index (χ4v) is 5.51. The quantitative estimate of drug-likeness (QED) is 0.108. The van der Waals surface area contributed by atoms with Crippen LogP contribution >= 0.6 is 0 Å². The van der Waals surface area contributed by atoms with Crippen LogP contribution in [0.4, 0.5) is 4.79 Å². The number of carbonyl (C=O) groups is 5. The van der Waals surface area contributed by atoms with Gasteiger partial charge in [0.05, 0.1) is 25.7 Å². The molecule has 0 bridgehead atoms. The van der Waals surface area contributed by atoms with Gasteiger partial charge in [-0.1, -0.05) is 90.5 Å². The SMILES string of the molecule is CC(=O)OC(C(=O)C=C(C(=O)CCCOCC(CO)OCc1ccccc1)c1cccc(C)c1)C(C)C(=O)N1C(=O)OCC1c1ccccc1. The maximum atomic E-state index is 13.8. The third kappa shape index (κ3) is 10.5. The minimum atomic E-state index is -1.62. The number of benzene rings is 3. The van der Waals surface area contributed by atoms with Crippen molar-refractivity contribution in [2.45, 2.75) is 58.5 Å². The standard InChI is InChI=1S/C39H43NO10/c1-26-12-10-17-31(20-26)33(35(43)18-11-19-47-24-32(22-41)48-23-29-13-6-4-7-14-29)21-36(44)37(50-28(3)42)27(2)38(45)40-34(25-49-39(40)46)30-15-8-5-9-16-30/h4-10,12-17,20-21,27,32,34,37,41H,11,18-19,22-25H2,1-3H3. The highest BCUT2D eigenvalue weighted by Crippen LogP contribution is 2.31. The summed E-state index contributed by atoms with van der Waals surface area (Å²) in [5, 5.41) is 9.69. The van der Waals surface area contributed by atoms with Gasteiger partial charge in [0.1, 0.15) is 18.8 Å². The molecule has 0 saturated carbocycles. The van der Waals surface area contributed by atoms with E-state index >= 15 is 0 Å². The molecule has 0 aromatic heterocycles. The average Bonchev–Trinajstić information content (AvgIpc) is 3.51. The van der Waals surface area contributed by atoms with Crippen LogP contribution in [-0.4, -0.2) is 78.2 Å². The molecule has 0 aliphatic carbocycles. The molecule has 11 heteroatoms. The van der Waals surface area contributed by atoms with E-state index in [0.717, 1.165) is 29.0 Å². The van der Waals surface area contributed by atoms with Gasteiger partial charge in [0.15, 0.2) is 17.7 Å². The van der Waals surface area contributed by atoms with Crippen molar-refractivity contribution in [1.82, 2.24) is 4.90 Å². The fourth-order valence-electron chi connectivity index (χ4n) is 5.51. The molecule has 50 heavy (non-hydrogen) atoms. The lowest BCUT2D eigenvalue weighted by Gasteiger charge is -2.27. The number of allylic oxidation sites excluding steroid dienone is 1. The average molecular weight is 686 g/mol. The number of ether oxygens (including phenoxy) is 4. The number of aryl methyl sites for hydroxylation is 1. The van der Waals surface area contributed by atoms with Crippen molar-refractivity contribution in [2.24, 2.45) is 5.92 Å². The minimum absolute atomic E-state index is 0.0206. The molecule has 2 amide bonds. The molecule has 1 fully saturated rings. The lowest BCUT2D eigenvalue weighted by atomic mass is 9.92. The van der Waals surface area contributed by atoms with Crippen LogP contribution in [0.15, 0.2) is 91.0 Å². The Bertz CT molecular complexity index is 1660. The topological polar surface area (TPSA) is 146 Å². The Morgan fingerprint density at radius 3 is 2.36 bits per heavy atom. The first-order valence-electron chi connectivity index (χ1n) is 16.5. The second kappa shape index (κ2) is 18.7. The van der Waals surface area contributed by atoms with Crippen LogP contribution in [0.2, 0.25) is 0 Å². The van der Waals surface area contributed by atoms with Crippen molar-refractivity contribution >= 4 is 35.1 Å². The van der Waals surface area contributed by atoms with Gasteiger partial charge in [0.25, 0.3) is 0 Å². The zero-order valence-corrected chi connectivity index (χ0v) is 28.5. The Morgan fingerprint density at radius 2 is 1.70 bits per heavy atom. The third-order valence-corrected chi connectivity index (χ3v) is 8.16. The molecule has 4 unspecified atom stereocenters. The van der Waals surface area contributed by atoms with Gasteiger partial charge in [-0.3, -0.25) is 19.2 Å². The number of imide groups is 1. The van der Waals surface area contributed by atoms with Gasteiger partial charge < -0.3 is 24.1 Å². The number of aliphatic hydroxyl groups excluding tert-OH is 1. The van der Waals surface area contributed by atoms with Crippen molar-refractivity contribution in [3.63, 3.8) is 0 Å². The maximum absolute atomic E-state index is 13.8. The molecule has 1 aliphatic rings. The molecule has 1 aliphatic heterocycles. The number of ketones is 2. The summed E-state index contributed by atoms with van der Waals surface area (Å²) in [6, 6.07) is 24.7. The van der Waals surface area contributed by atoms with Crippen LogP contribution in [0.5, 0.6) is 0 Å². The highest BCUT2D eigenvalue weighted by Gasteiger charge is 2.44. The molecule has 1 saturated heterocycles. The zero-order chi connectivity index (χ0) is 36.0. The van der Waals surface area contributed by atoms with E-state index in [0.29, 0.717) is 24.2 Å². The summed E-state index contributed by atoms with van der Waals surface area (Å²) in [6.07, 6.45) is -1.59. The van der Waals surface area contributed by atoms with Crippen LogP contribution in [0.25, 0.3) is 5.57 Å². The Kier molecular flexibility index (Phi) is 14.2. The van der Waals surface area contributed by atoms with Crippen molar-refractivity contribution in [3.8, 4) is 0 Å². The van der Waals surface area contributed by atoms with Crippen molar-refractivity contribution in [1.29, 1.82) is 0 Å². The molecule has 4 atom stereocenters. The van der Waals surface area contributed by atoms with Gasteiger partial charge >= 0.3 is 12.1 Å². The Morgan fingerprint density at radius 1 is 1.00 bits per heavy atom. The van der Waals surface area contributed by atoms with Crippen LogP contribution in [-0.2, 0) is 44.7 Å². The number of hydrogen-bond donors (Lipinski definition) is 1. The first-order valence-corrected chi connectivity index (χ1v) is 16.5.